The second kappa shape index (κ2) is 11.3. The minimum Gasteiger partial charge on any atom is -0.388 e. The molecule has 11 nitrogen and oxygen atoms in total. The van der Waals surface area contributed by atoms with Crippen LogP contribution in [0.5, 0.6) is 0 Å². The van der Waals surface area contributed by atoms with E-state index in [9.17, 15) is 24.0 Å². The Labute approximate surface area is 257 Å². The Balaban J connectivity index is 1.06. The zero-order valence-corrected chi connectivity index (χ0v) is 25.8. The monoisotopic (exact) mass is 600 g/mol. The van der Waals surface area contributed by atoms with Gasteiger partial charge in [-0.3, -0.25) is 29.4 Å². The van der Waals surface area contributed by atoms with E-state index in [1.54, 1.807) is 12.1 Å². The van der Waals surface area contributed by atoms with Crippen molar-refractivity contribution < 1.29 is 24.0 Å². The van der Waals surface area contributed by atoms with Gasteiger partial charge in [0.15, 0.2) is 0 Å². The molecular weight excluding hydrogens is 560 g/mol. The molecule has 44 heavy (non-hydrogen) atoms. The topological polar surface area (TPSA) is 131 Å². The number of likely N-dealkylation sites (tertiary alicyclic amines) is 1. The quantitative estimate of drug-likeness (QED) is 0.434. The number of rotatable bonds is 6. The number of aryl methyl sites for hydroxylation is 1. The van der Waals surface area contributed by atoms with Crippen molar-refractivity contribution >= 4 is 41.0 Å². The van der Waals surface area contributed by atoms with Crippen LogP contribution in [0.25, 0.3) is 0 Å². The Kier molecular flexibility index (Phi) is 7.59. The first-order valence-electron chi connectivity index (χ1n) is 15.5. The minimum absolute atomic E-state index is 0.0424. The molecule has 0 radical (unpaired) electrons. The zero-order chi connectivity index (χ0) is 31.3. The second-order valence-corrected chi connectivity index (χ2v) is 12.9. The second-order valence-electron chi connectivity index (χ2n) is 12.9. The first-order chi connectivity index (χ1) is 21.0. The first-order valence-corrected chi connectivity index (χ1v) is 15.5. The lowest BCUT2D eigenvalue weighted by molar-refractivity contribution is -0.136. The molecule has 0 aromatic heterocycles. The number of benzene rings is 2. The van der Waals surface area contributed by atoms with E-state index in [0.717, 1.165) is 47.6 Å². The fourth-order valence-corrected chi connectivity index (χ4v) is 7.27. The summed E-state index contributed by atoms with van der Waals surface area (Å²) in [5, 5.41) is 8.65. The lowest BCUT2D eigenvalue weighted by Crippen LogP contribution is -2.61. The molecule has 6 amide bonds. The molecule has 3 saturated heterocycles. The number of nitrogens with one attached hydrogen (secondary N) is 3. The lowest BCUT2D eigenvalue weighted by Gasteiger charge is -2.55. The summed E-state index contributed by atoms with van der Waals surface area (Å²) in [5.41, 5.74) is 5.99. The molecule has 1 atom stereocenters. The third-order valence-electron chi connectivity index (χ3n) is 9.69. The van der Waals surface area contributed by atoms with E-state index < -0.39 is 29.7 Å². The molecule has 0 saturated carbocycles. The van der Waals surface area contributed by atoms with E-state index in [1.165, 1.54) is 5.56 Å². The van der Waals surface area contributed by atoms with Gasteiger partial charge in [0.05, 0.1) is 16.8 Å². The summed E-state index contributed by atoms with van der Waals surface area (Å²) in [6.45, 7) is 9.66. The van der Waals surface area contributed by atoms with Crippen molar-refractivity contribution in [3.8, 4) is 0 Å². The van der Waals surface area contributed by atoms with Crippen molar-refractivity contribution in [2.24, 2.45) is 5.41 Å². The maximum absolute atomic E-state index is 13.5. The maximum Gasteiger partial charge on any atom is 0.317 e. The van der Waals surface area contributed by atoms with Crippen LogP contribution in [-0.4, -0.2) is 78.7 Å². The number of carbonyl (C=O) groups excluding carboxylic acids is 5. The number of fused-ring (bicyclic) bond motifs is 1. The van der Waals surface area contributed by atoms with E-state index in [1.807, 2.05) is 18.0 Å². The lowest BCUT2D eigenvalue weighted by atomic mass is 9.71. The highest BCUT2D eigenvalue weighted by Crippen LogP contribution is 2.45. The Morgan fingerprint density at radius 1 is 1.07 bits per heavy atom. The van der Waals surface area contributed by atoms with Gasteiger partial charge in [0.25, 0.3) is 11.8 Å². The van der Waals surface area contributed by atoms with Gasteiger partial charge in [-0.15, -0.1) is 0 Å². The van der Waals surface area contributed by atoms with Crippen LogP contribution < -0.4 is 20.9 Å². The van der Waals surface area contributed by atoms with Gasteiger partial charge in [0.1, 0.15) is 6.04 Å². The first kappa shape index (κ1) is 29.7. The summed E-state index contributed by atoms with van der Waals surface area (Å²) in [4.78, 5) is 68.9. The van der Waals surface area contributed by atoms with E-state index in [0.29, 0.717) is 42.4 Å². The Morgan fingerprint density at radius 2 is 1.80 bits per heavy atom. The van der Waals surface area contributed by atoms with Crippen molar-refractivity contribution in [2.75, 3.05) is 43.4 Å². The van der Waals surface area contributed by atoms with Gasteiger partial charge < -0.3 is 20.4 Å². The molecule has 11 heteroatoms. The van der Waals surface area contributed by atoms with Gasteiger partial charge in [0.2, 0.25) is 11.8 Å². The molecule has 2 aromatic carbocycles. The van der Waals surface area contributed by atoms with Gasteiger partial charge in [-0.25, -0.2) is 4.79 Å². The van der Waals surface area contributed by atoms with Crippen molar-refractivity contribution in [3.05, 3.63) is 58.1 Å². The summed E-state index contributed by atoms with van der Waals surface area (Å²) < 4.78 is 0. The maximum atomic E-state index is 13.5. The van der Waals surface area contributed by atoms with Crippen LogP contribution in [0.2, 0.25) is 0 Å². The summed E-state index contributed by atoms with van der Waals surface area (Å²) in [7, 11) is 1.94. The molecule has 232 valence electrons. The third kappa shape index (κ3) is 5.07. The summed E-state index contributed by atoms with van der Waals surface area (Å²) in [6, 6.07) is 8.48. The minimum atomic E-state index is -0.986. The molecule has 3 fully saturated rings. The van der Waals surface area contributed by atoms with Crippen LogP contribution in [-0.2, 0) is 16.1 Å². The Bertz CT molecular complexity index is 1550. The van der Waals surface area contributed by atoms with Crippen molar-refractivity contribution in [1.29, 1.82) is 0 Å². The number of nitrogens with zero attached hydrogens (tertiary/aromatic N) is 3. The number of carbonyl (C=O) groups is 5. The van der Waals surface area contributed by atoms with E-state index >= 15 is 0 Å². The molecular formula is C33H40N6O5. The number of amides is 6. The highest BCUT2D eigenvalue weighted by Gasteiger charge is 2.50. The van der Waals surface area contributed by atoms with E-state index in [4.69, 9.17) is 0 Å². The average molecular weight is 601 g/mol. The van der Waals surface area contributed by atoms with Crippen LogP contribution in [0.3, 0.4) is 0 Å². The zero-order valence-electron chi connectivity index (χ0n) is 25.8. The molecule has 1 unspecified atom stereocenters. The fraction of sp³-hybridized carbons (Fsp3) is 0.485. The fourth-order valence-electron chi connectivity index (χ4n) is 7.27. The van der Waals surface area contributed by atoms with Crippen molar-refractivity contribution in [2.45, 2.75) is 65.0 Å². The van der Waals surface area contributed by atoms with Gasteiger partial charge >= 0.3 is 6.03 Å². The SMILES string of the molecule is CNc1c(C)cc(CNC(=O)N2CCC3(CC2)CN(c2cccc4c2C(=O)N(C2CCC(=O)NC2=O)C4=O)C3)cc1C(C)C. The highest BCUT2D eigenvalue weighted by molar-refractivity contribution is 6.25. The predicted octanol–water partition coefficient (Wildman–Crippen LogP) is 3.37. The number of urea groups is 1. The molecule has 1 spiro atoms. The average Bonchev–Trinajstić information content (AvgIpc) is 3.24. The number of hydrogen-bond donors (Lipinski definition) is 3. The smallest absolute Gasteiger partial charge is 0.317 e. The number of hydrogen-bond acceptors (Lipinski definition) is 7. The predicted molar refractivity (Wildman–Crippen MR) is 166 cm³/mol. The molecule has 2 aromatic rings. The Hall–Kier alpha value is -4.41. The number of piperidine rings is 2. The largest absolute Gasteiger partial charge is 0.388 e. The van der Waals surface area contributed by atoms with E-state index in [2.05, 4.69) is 53.8 Å². The summed E-state index contributed by atoms with van der Waals surface area (Å²) in [6.07, 6.45) is 1.93. The molecule has 3 N–H and O–H groups in total. The number of anilines is 2. The van der Waals surface area contributed by atoms with Crippen LogP contribution in [0.4, 0.5) is 16.2 Å². The van der Waals surface area contributed by atoms with Gasteiger partial charge in [-0.1, -0.05) is 32.0 Å². The molecule has 0 aliphatic carbocycles. The molecule has 6 rings (SSSR count). The molecule has 4 aliphatic heterocycles. The molecule has 4 heterocycles. The van der Waals surface area contributed by atoms with Crippen molar-refractivity contribution in [1.82, 2.24) is 20.4 Å². The standard InChI is InChI=1S/C33H40N6O5/c1-19(2)23-15-21(14-20(3)28(23)34-4)16-35-32(44)37-12-10-33(11-13-37)17-38(18-33)24-7-5-6-22-27(24)31(43)39(30(22)42)25-8-9-26(40)36-29(25)41/h5-7,14-15,19,25,34H,8-13,16-18H2,1-4H3,(H,35,44)(H,36,40,41). The molecule has 4 aliphatic rings. The molecule has 0 bridgehead atoms. The van der Waals surface area contributed by atoms with Gasteiger partial charge in [0, 0.05) is 57.3 Å². The summed E-state index contributed by atoms with van der Waals surface area (Å²) >= 11 is 0. The highest BCUT2D eigenvalue weighted by atomic mass is 16.2. The van der Waals surface area contributed by atoms with Crippen LogP contribution in [0.15, 0.2) is 30.3 Å². The van der Waals surface area contributed by atoms with Gasteiger partial charge in [-0.2, -0.15) is 0 Å². The van der Waals surface area contributed by atoms with Crippen LogP contribution in [0, 0.1) is 12.3 Å². The number of imide groups is 2. The van der Waals surface area contributed by atoms with Crippen LogP contribution >= 0.6 is 0 Å². The van der Waals surface area contributed by atoms with E-state index in [-0.39, 0.29) is 24.3 Å². The summed E-state index contributed by atoms with van der Waals surface area (Å²) in [5.74, 6) is -1.62. The van der Waals surface area contributed by atoms with Crippen LogP contribution in [0.1, 0.15) is 82.9 Å². The Morgan fingerprint density at radius 3 is 2.45 bits per heavy atom. The third-order valence-corrected chi connectivity index (χ3v) is 9.69. The normalized spacial score (nSPS) is 21.0. The van der Waals surface area contributed by atoms with Crippen molar-refractivity contribution in [3.63, 3.8) is 0 Å². The van der Waals surface area contributed by atoms with Gasteiger partial charge in [-0.05, 0) is 60.9 Å².